The summed E-state index contributed by atoms with van der Waals surface area (Å²) in [6.45, 7) is 7.36. The van der Waals surface area contributed by atoms with Crippen molar-refractivity contribution in [3.8, 4) is 17.2 Å². The number of hydrogen-bond acceptors (Lipinski definition) is 8. The number of carbonyl (C=O) groups excluding carboxylic acids is 3. The summed E-state index contributed by atoms with van der Waals surface area (Å²) in [7, 11) is 1.37. The van der Waals surface area contributed by atoms with E-state index in [1.807, 2.05) is 19.9 Å². The molecule has 0 bridgehead atoms. The van der Waals surface area contributed by atoms with Gasteiger partial charge in [0, 0.05) is 22.6 Å². The first kappa shape index (κ1) is 22.3. The summed E-state index contributed by atoms with van der Waals surface area (Å²) in [5, 5.41) is 0. The van der Waals surface area contributed by atoms with Gasteiger partial charge in [0.25, 0.3) is 5.78 Å². The smallest absolute Gasteiger partial charge is 0.333 e. The number of methoxy groups -OCH3 is 1. The number of fused-ring (bicyclic) bond motifs is 2. The summed E-state index contributed by atoms with van der Waals surface area (Å²) in [6.07, 6.45) is 4.54. The summed E-state index contributed by atoms with van der Waals surface area (Å²) in [6, 6.07) is 1.75. The largest absolute Gasteiger partial charge is 0.493 e. The molecule has 34 heavy (non-hydrogen) atoms. The van der Waals surface area contributed by atoms with E-state index in [-0.39, 0.29) is 31.0 Å². The fraction of sp³-hybridized carbons (Fsp3) is 0.423. The molecule has 0 saturated heterocycles. The predicted octanol–water partition coefficient (Wildman–Crippen LogP) is 3.49. The van der Waals surface area contributed by atoms with Gasteiger partial charge in [0.05, 0.1) is 7.11 Å². The lowest BCUT2D eigenvalue weighted by Crippen LogP contribution is -2.48. The molecule has 2 aliphatic carbocycles. The van der Waals surface area contributed by atoms with E-state index in [1.165, 1.54) is 7.11 Å². The van der Waals surface area contributed by atoms with Crippen molar-refractivity contribution in [1.82, 2.24) is 0 Å². The summed E-state index contributed by atoms with van der Waals surface area (Å²) in [4.78, 5) is 39.6. The van der Waals surface area contributed by atoms with Gasteiger partial charge in [0.15, 0.2) is 17.3 Å². The molecule has 0 unspecified atom stereocenters. The average molecular weight is 466 g/mol. The molecule has 8 nitrogen and oxygen atoms in total. The van der Waals surface area contributed by atoms with Crippen LogP contribution in [-0.2, 0) is 29.3 Å². The van der Waals surface area contributed by atoms with Crippen molar-refractivity contribution in [3.63, 3.8) is 0 Å². The molecule has 0 fully saturated rings. The highest BCUT2D eigenvalue weighted by Crippen LogP contribution is 2.59. The van der Waals surface area contributed by atoms with Crippen molar-refractivity contribution < 1.29 is 38.1 Å². The Balaban J connectivity index is 1.82. The molecule has 0 N–H and O–H groups in total. The van der Waals surface area contributed by atoms with E-state index in [4.69, 9.17) is 23.7 Å². The molecule has 4 aliphatic rings. The maximum absolute atomic E-state index is 13.7. The number of rotatable bonds is 3. The van der Waals surface area contributed by atoms with Crippen molar-refractivity contribution in [2.45, 2.75) is 39.2 Å². The lowest BCUT2D eigenvalue weighted by molar-refractivity contribution is -0.148. The third-order valence-corrected chi connectivity index (χ3v) is 7.37. The molecule has 0 saturated carbocycles. The van der Waals surface area contributed by atoms with Crippen molar-refractivity contribution in [2.24, 2.45) is 11.8 Å². The van der Waals surface area contributed by atoms with Gasteiger partial charge in [-0.15, -0.1) is 0 Å². The number of ketones is 2. The van der Waals surface area contributed by atoms with Crippen LogP contribution in [-0.4, -0.2) is 38.0 Å². The number of allylic oxidation sites excluding steroid dienone is 4. The molecule has 8 heteroatoms. The van der Waals surface area contributed by atoms with Gasteiger partial charge in [-0.3, -0.25) is 9.59 Å². The zero-order valence-corrected chi connectivity index (χ0v) is 19.7. The number of hydrogen-bond donors (Lipinski definition) is 0. The maximum Gasteiger partial charge on any atom is 0.333 e. The van der Waals surface area contributed by atoms with E-state index in [0.29, 0.717) is 39.5 Å². The molecule has 4 atom stereocenters. The second-order valence-corrected chi connectivity index (χ2v) is 9.11. The Kier molecular flexibility index (Phi) is 5.07. The van der Waals surface area contributed by atoms with Crippen LogP contribution in [0.15, 0.2) is 41.2 Å². The summed E-state index contributed by atoms with van der Waals surface area (Å²) < 4.78 is 28.6. The fourth-order valence-electron chi connectivity index (χ4n) is 5.09. The Bertz CT molecular complexity index is 1220. The second-order valence-electron chi connectivity index (χ2n) is 9.11. The van der Waals surface area contributed by atoms with Gasteiger partial charge in [-0.1, -0.05) is 26.0 Å². The molecule has 0 aromatic heterocycles. The predicted molar refractivity (Wildman–Crippen MR) is 120 cm³/mol. The van der Waals surface area contributed by atoms with Crippen LogP contribution in [0, 0.1) is 11.8 Å². The Labute approximate surface area is 197 Å². The van der Waals surface area contributed by atoms with E-state index in [2.05, 4.69) is 0 Å². The minimum absolute atomic E-state index is 0.00101. The van der Waals surface area contributed by atoms with Crippen LogP contribution in [0.1, 0.15) is 44.9 Å². The molecular formula is C26H26O8. The van der Waals surface area contributed by atoms with Crippen molar-refractivity contribution in [3.05, 3.63) is 52.3 Å². The SMILES string of the molecule is C/C=C(/C)C(=O)O[C@@H]1c2cc3c(c4c2[C@@]2(CO4)C(=O)C(=O)C(OC)=C/C2=C/[C@H](C)[C@H]1C)OCO3. The highest BCUT2D eigenvalue weighted by Gasteiger charge is 2.59. The first-order valence-corrected chi connectivity index (χ1v) is 11.2. The minimum atomic E-state index is -1.39. The first-order valence-electron chi connectivity index (χ1n) is 11.2. The minimum Gasteiger partial charge on any atom is -0.493 e. The topological polar surface area (TPSA) is 97.4 Å². The van der Waals surface area contributed by atoms with Crippen LogP contribution in [0.25, 0.3) is 0 Å². The van der Waals surface area contributed by atoms with Gasteiger partial charge in [-0.25, -0.2) is 4.79 Å². The molecular weight excluding hydrogens is 440 g/mol. The molecule has 1 aromatic carbocycles. The van der Waals surface area contributed by atoms with Gasteiger partial charge in [0.1, 0.15) is 18.1 Å². The van der Waals surface area contributed by atoms with Gasteiger partial charge >= 0.3 is 5.97 Å². The third-order valence-electron chi connectivity index (χ3n) is 7.37. The fourth-order valence-corrected chi connectivity index (χ4v) is 5.09. The third kappa shape index (κ3) is 2.87. The summed E-state index contributed by atoms with van der Waals surface area (Å²) >= 11 is 0. The maximum atomic E-state index is 13.7. The van der Waals surface area contributed by atoms with Gasteiger partial charge in [0.2, 0.25) is 18.3 Å². The normalized spacial score (nSPS) is 30.7. The number of ether oxygens (including phenoxy) is 5. The van der Waals surface area contributed by atoms with Crippen LogP contribution < -0.4 is 14.2 Å². The monoisotopic (exact) mass is 466 g/mol. The highest BCUT2D eigenvalue weighted by atomic mass is 16.7. The van der Waals surface area contributed by atoms with E-state index < -0.39 is 29.1 Å². The average Bonchev–Trinajstić information content (AvgIpc) is 3.46. The molecule has 0 radical (unpaired) electrons. The Morgan fingerprint density at radius 2 is 1.94 bits per heavy atom. The van der Waals surface area contributed by atoms with Crippen molar-refractivity contribution >= 4 is 17.5 Å². The molecule has 0 amide bonds. The second kappa shape index (κ2) is 7.75. The molecule has 2 aliphatic heterocycles. The van der Waals surface area contributed by atoms with Crippen LogP contribution in [0.4, 0.5) is 0 Å². The zero-order valence-electron chi connectivity index (χ0n) is 19.7. The van der Waals surface area contributed by atoms with Crippen molar-refractivity contribution in [2.75, 3.05) is 20.5 Å². The number of carbonyl (C=O) groups is 3. The summed E-state index contributed by atoms with van der Waals surface area (Å²) in [5.74, 6) is -0.946. The lowest BCUT2D eigenvalue weighted by Gasteiger charge is -2.38. The number of esters is 1. The quantitative estimate of drug-likeness (QED) is 0.379. The number of Topliss-reactive ketones (excluding diaryl/α,β-unsaturated/α-hetero) is 2. The Morgan fingerprint density at radius 3 is 2.65 bits per heavy atom. The van der Waals surface area contributed by atoms with Crippen LogP contribution >= 0.6 is 0 Å². The lowest BCUT2D eigenvalue weighted by atomic mass is 9.63. The molecule has 1 aromatic rings. The molecule has 2 heterocycles. The first-order chi connectivity index (χ1) is 16.2. The zero-order chi connectivity index (χ0) is 24.4. The van der Waals surface area contributed by atoms with E-state index in [9.17, 15) is 14.4 Å². The van der Waals surface area contributed by atoms with Crippen LogP contribution in [0.2, 0.25) is 0 Å². The van der Waals surface area contributed by atoms with Crippen LogP contribution in [0.5, 0.6) is 17.2 Å². The van der Waals surface area contributed by atoms with Gasteiger partial charge < -0.3 is 23.7 Å². The van der Waals surface area contributed by atoms with Crippen molar-refractivity contribution in [1.29, 1.82) is 0 Å². The van der Waals surface area contributed by atoms with E-state index in [1.54, 1.807) is 32.1 Å². The highest BCUT2D eigenvalue weighted by molar-refractivity contribution is 6.48. The molecule has 1 spiro atoms. The van der Waals surface area contributed by atoms with E-state index >= 15 is 0 Å². The Hall–Kier alpha value is -3.55. The van der Waals surface area contributed by atoms with E-state index in [0.717, 1.165) is 0 Å². The van der Waals surface area contributed by atoms with Gasteiger partial charge in [-0.2, -0.15) is 0 Å². The number of benzene rings is 1. The Morgan fingerprint density at radius 1 is 1.18 bits per heavy atom. The summed E-state index contributed by atoms with van der Waals surface area (Å²) in [5.41, 5.74) is 0.774. The standard InChI is InChI=1S/C26H26O8/c1-6-12(2)25(29)34-21-14(4)13(3)7-15-8-17(30-5)20(27)24(28)26(15)10-31-23-19(26)16(21)9-18-22(23)33-11-32-18/h6-9,13-14,21H,10-11H2,1-5H3/b12-6-,15-7-/t13-,14+,21-,26-/m0/s1. The van der Waals surface area contributed by atoms with Crippen LogP contribution in [0.3, 0.4) is 0 Å². The van der Waals surface area contributed by atoms with Gasteiger partial charge in [-0.05, 0) is 37.5 Å². The molecule has 5 rings (SSSR count). The molecule has 178 valence electrons.